The van der Waals surface area contributed by atoms with Crippen molar-refractivity contribution in [1.29, 1.82) is 0 Å². The van der Waals surface area contributed by atoms with E-state index >= 15 is 0 Å². The van der Waals surface area contributed by atoms with Gasteiger partial charge in [-0.05, 0) is 24.3 Å². The molecule has 1 aliphatic rings. The Balaban J connectivity index is 1.80. The second kappa shape index (κ2) is 6.64. The Morgan fingerprint density at radius 3 is 2.58 bits per heavy atom. The highest BCUT2D eigenvalue weighted by Crippen LogP contribution is 2.27. The number of halogens is 1. The van der Waals surface area contributed by atoms with Gasteiger partial charge in [-0.3, -0.25) is 4.79 Å². The Morgan fingerprint density at radius 2 is 1.88 bits per heavy atom. The lowest BCUT2D eigenvalue weighted by atomic mass is 10.2. The van der Waals surface area contributed by atoms with Crippen molar-refractivity contribution in [3.63, 3.8) is 0 Å². The molecule has 1 unspecified atom stereocenters. The van der Waals surface area contributed by atoms with E-state index in [9.17, 15) is 14.7 Å². The van der Waals surface area contributed by atoms with Crippen LogP contribution in [-0.4, -0.2) is 23.2 Å². The van der Waals surface area contributed by atoms with Gasteiger partial charge in [0, 0.05) is 17.3 Å². The van der Waals surface area contributed by atoms with E-state index in [4.69, 9.17) is 16.3 Å². The van der Waals surface area contributed by atoms with Crippen LogP contribution < -0.4 is 10.6 Å². The summed E-state index contributed by atoms with van der Waals surface area (Å²) in [5, 5.41) is 14.8. The van der Waals surface area contributed by atoms with Crippen LogP contribution in [0, 0.1) is 0 Å². The largest absolute Gasteiger partial charge is 0.508 e. The highest BCUT2D eigenvalue weighted by Gasteiger charge is 2.34. The average molecular weight is 345 g/mol. The third kappa shape index (κ3) is 3.33. The fraction of sp³-hybridized carbons (Fsp3) is 0.0588. The topological polar surface area (TPSA) is 87.7 Å². The number of carbonyl (C=O) groups is 2. The number of carbonyl (C=O) groups excluding carboxylic acids is 2. The minimum absolute atomic E-state index is 0.0480. The Morgan fingerprint density at radius 1 is 1.12 bits per heavy atom. The first-order chi connectivity index (χ1) is 11.5. The summed E-state index contributed by atoms with van der Waals surface area (Å²) in [5.74, 6) is -1.10. The first-order valence-corrected chi connectivity index (χ1v) is 7.45. The van der Waals surface area contributed by atoms with E-state index in [1.54, 1.807) is 42.5 Å². The maximum atomic E-state index is 12.2. The monoisotopic (exact) mass is 344 g/mol. The number of hydrogen-bond acceptors (Lipinski definition) is 5. The summed E-state index contributed by atoms with van der Waals surface area (Å²) < 4.78 is 5.08. The van der Waals surface area contributed by atoms with Crippen LogP contribution in [0.15, 0.2) is 65.3 Å². The summed E-state index contributed by atoms with van der Waals surface area (Å²) in [4.78, 5) is 23.9. The maximum Gasteiger partial charge on any atom is 0.354 e. The van der Waals surface area contributed by atoms with Crippen molar-refractivity contribution < 1.29 is 19.4 Å². The summed E-state index contributed by atoms with van der Waals surface area (Å²) in [6.07, 6.45) is -1.04. The Kier molecular flexibility index (Phi) is 4.39. The smallest absolute Gasteiger partial charge is 0.354 e. The second-order valence-corrected chi connectivity index (χ2v) is 5.41. The summed E-state index contributed by atoms with van der Waals surface area (Å²) in [7, 11) is 0. The van der Waals surface area contributed by atoms with E-state index in [2.05, 4.69) is 10.6 Å². The van der Waals surface area contributed by atoms with Gasteiger partial charge < -0.3 is 20.5 Å². The van der Waals surface area contributed by atoms with Crippen LogP contribution in [0.3, 0.4) is 0 Å². The fourth-order valence-corrected chi connectivity index (χ4v) is 2.39. The highest BCUT2D eigenvalue weighted by atomic mass is 35.5. The zero-order valence-electron chi connectivity index (χ0n) is 12.3. The van der Waals surface area contributed by atoms with Crippen molar-refractivity contribution >= 4 is 29.2 Å². The molecule has 2 aromatic rings. The lowest BCUT2D eigenvalue weighted by molar-refractivity contribution is -0.139. The number of phenolic OH excluding ortho intramolecular Hbond substituents is 1. The van der Waals surface area contributed by atoms with E-state index in [0.29, 0.717) is 11.3 Å². The van der Waals surface area contributed by atoms with Gasteiger partial charge in [0.1, 0.15) is 11.4 Å². The summed E-state index contributed by atoms with van der Waals surface area (Å²) in [6.45, 7) is 0. The molecule has 1 aliphatic heterocycles. The highest BCUT2D eigenvalue weighted by molar-refractivity contribution is 6.42. The van der Waals surface area contributed by atoms with Crippen LogP contribution in [-0.2, 0) is 9.53 Å². The van der Waals surface area contributed by atoms with Crippen LogP contribution in [0.25, 0.3) is 0 Å². The van der Waals surface area contributed by atoms with Crippen LogP contribution in [0.4, 0.5) is 5.69 Å². The lowest BCUT2D eigenvalue weighted by Gasteiger charge is -2.17. The zero-order chi connectivity index (χ0) is 17.1. The number of phenols is 1. The van der Waals surface area contributed by atoms with Crippen molar-refractivity contribution in [2.45, 2.75) is 6.23 Å². The van der Waals surface area contributed by atoms with Gasteiger partial charge in [-0.1, -0.05) is 35.9 Å². The molecule has 0 spiro atoms. The van der Waals surface area contributed by atoms with Gasteiger partial charge in [-0.2, -0.15) is 0 Å². The minimum Gasteiger partial charge on any atom is -0.508 e. The summed E-state index contributed by atoms with van der Waals surface area (Å²) in [5.41, 5.74) is 1.13. The molecule has 0 saturated heterocycles. The molecule has 24 heavy (non-hydrogen) atoms. The number of cyclic esters (lactones) is 1. The van der Waals surface area contributed by atoms with Crippen LogP contribution in [0.5, 0.6) is 5.75 Å². The van der Waals surface area contributed by atoms with E-state index in [1.165, 1.54) is 12.1 Å². The van der Waals surface area contributed by atoms with Crippen molar-refractivity contribution in [1.82, 2.24) is 5.32 Å². The van der Waals surface area contributed by atoms with Crippen LogP contribution in [0.2, 0.25) is 0 Å². The number of rotatable bonds is 4. The standard InChI is InChI=1S/C17H13ClN2O4/c18-13-14(19-11-7-4-8-12(21)9-11)16(24-17(13)23)20-15(22)10-5-2-1-3-6-10/h1-9,16,19,21H,(H,20,22). The van der Waals surface area contributed by atoms with Gasteiger partial charge in [0.05, 0.1) is 0 Å². The molecule has 0 aromatic heterocycles. The van der Waals surface area contributed by atoms with Gasteiger partial charge in [0.15, 0.2) is 5.03 Å². The van der Waals surface area contributed by atoms with Crippen molar-refractivity contribution in [3.05, 3.63) is 70.9 Å². The van der Waals surface area contributed by atoms with Crippen molar-refractivity contribution in [2.75, 3.05) is 5.32 Å². The molecule has 6 nitrogen and oxygen atoms in total. The molecule has 7 heteroatoms. The molecule has 1 amide bonds. The lowest BCUT2D eigenvalue weighted by Crippen LogP contribution is -2.38. The Labute approximate surface area is 142 Å². The molecular weight excluding hydrogens is 332 g/mol. The van der Waals surface area contributed by atoms with Gasteiger partial charge in [0.2, 0.25) is 6.23 Å². The number of benzene rings is 2. The van der Waals surface area contributed by atoms with E-state index < -0.39 is 18.1 Å². The molecule has 1 atom stereocenters. The number of nitrogens with one attached hydrogen (secondary N) is 2. The molecule has 0 fully saturated rings. The number of hydrogen-bond donors (Lipinski definition) is 3. The molecule has 122 valence electrons. The van der Waals surface area contributed by atoms with Crippen molar-refractivity contribution in [2.24, 2.45) is 0 Å². The quantitative estimate of drug-likeness (QED) is 0.742. The molecule has 0 radical (unpaired) electrons. The third-order valence-corrected chi connectivity index (χ3v) is 3.68. The maximum absolute atomic E-state index is 12.2. The third-order valence-electron chi connectivity index (χ3n) is 3.33. The number of ether oxygens (including phenoxy) is 1. The second-order valence-electron chi connectivity index (χ2n) is 5.03. The van der Waals surface area contributed by atoms with E-state index in [0.717, 1.165) is 0 Å². The molecule has 2 aromatic carbocycles. The average Bonchev–Trinajstić information content (AvgIpc) is 2.83. The number of amides is 1. The number of esters is 1. The molecule has 3 rings (SSSR count). The van der Waals surface area contributed by atoms with Gasteiger partial charge >= 0.3 is 5.97 Å². The first-order valence-electron chi connectivity index (χ1n) is 7.07. The zero-order valence-corrected chi connectivity index (χ0v) is 13.1. The number of anilines is 1. The minimum atomic E-state index is -1.04. The normalized spacial score (nSPS) is 16.7. The van der Waals surface area contributed by atoms with Crippen molar-refractivity contribution in [3.8, 4) is 5.75 Å². The Hall–Kier alpha value is -2.99. The molecule has 3 N–H and O–H groups in total. The SMILES string of the molecule is O=C1OC(NC(=O)c2ccccc2)C(Nc2cccc(O)c2)=C1Cl. The van der Waals surface area contributed by atoms with Gasteiger partial charge in [-0.15, -0.1) is 0 Å². The molecule has 0 aliphatic carbocycles. The van der Waals surface area contributed by atoms with Crippen LogP contribution >= 0.6 is 11.6 Å². The molecular formula is C17H13ClN2O4. The van der Waals surface area contributed by atoms with Crippen LogP contribution in [0.1, 0.15) is 10.4 Å². The van der Waals surface area contributed by atoms with Gasteiger partial charge in [0.25, 0.3) is 5.91 Å². The van der Waals surface area contributed by atoms with E-state index in [1.807, 2.05) is 0 Å². The fourth-order valence-electron chi connectivity index (χ4n) is 2.20. The summed E-state index contributed by atoms with van der Waals surface area (Å²) in [6, 6.07) is 14.8. The summed E-state index contributed by atoms with van der Waals surface area (Å²) >= 11 is 5.97. The predicted octanol–water partition coefficient (Wildman–Crippen LogP) is 2.57. The Bertz CT molecular complexity index is 820. The first kappa shape index (κ1) is 15.9. The van der Waals surface area contributed by atoms with Gasteiger partial charge in [-0.25, -0.2) is 4.79 Å². The predicted molar refractivity (Wildman–Crippen MR) is 88.4 cm³/mol. The molecule has 0 saturated carbocycles. The molecule has 0 bridgehead atoms. The molecule has 1 heterocycles. The number of aromatic hydroxyl groups is 1. The van der Waals surface area contributed by atoms with E-state index in [-0.39, 0.29) is 16.5 Å².